The molecule has 0 aromatic heterocycles. The Morgan fingerprint density at radius 3 is 2.57 bits per heavy atom. The van der Waals surface area contributed by atoms with Crippen LogP contribution >= 0.6 is 0 Å². The maximum atomic E-state index is 13.0. The van der Waals surface area contributed by atoms with Crippen LogP contribution < -0.4 is 4.74 Å². The average Bonchev–Trinajstić information content (AvgIpc) is 2.59. The Morgan fingerprint density at radius 2 is 1.91 bits per heavy atom. The van der Waals surface area contributed by atoms with Crippen molar-refractivity contribution in [3.8, 4) is 5.75 Å². The number of aryl methyl sites for hydroxylation is 1. The Kier molecular flexibility index (Phi) is 5.74. The van der Waals surface area contributed by atoms with E-state index in [1.54, 1.807) is 31.2 Å². The van der Waals surface area contributed by atoms with Crippen LogP contribution in [-0.4, -0.2) is 25.0 Å². The van der Waals surface area contributed by atoms with Gasteiger partial charge in [-0.05, 0) is 48.7 Å². The summed E-state index contributed by atoms with van der Waals surface area (Å²) in [5.74, 6) is 0.584. The molecule has 2 aromatic rings. The van der Waals surface area contributed by atoms with Crippen LogP contribution in [0.5, 0.6) is 5.75 Å². The van der Waals surface area contributed by atoms with Gasteiger partial charge >= 0.3 is 0 Å². The van der Waals surface area contributed by atoms with Crippen LogP contribution in [-0.2, 0) is 11.2 Å². The van der Waals surface area contributed by atoms with E-state index in [2.05, 4.69) is 0 Å². The highest BCUT2D eigenvalue weighted by atomic mass is 19.1. The quantitative estimate of drug-likeness (QED) is 0.807. The van der Waals surface area contributed by atoms with Gasteiger partial charge in [0.25, 0.3) is 0 Å². The maximum Gasteiger partial charge on any atom is 0.223 e. The highest BCUT2D eigenvalue weighted by molar-refractivity contribution is 5.76. The largest absolute Gasteiger partial charge is 0.497 e. The molecule has 0 aliphatic heterocycles. The molecule has 2 aromatic carbocycles. The zero-order chi connectivity index (χ0) is 16.8. The van der Waals surface area contributed by atoms with Gasteiger partial charge in [0.15, 0.2) is 0 Å². The minimum atomic E-state index is -0.270. The molecule has 0 heterocycles. The van der Waals surface area contributed by atoms with E-state index in [4.69, 9.17) is 4.74 Å². The fourth-order valence-corrected chi connectivity index (χ4v) is 2.44. The molecule has 0 fully saturated rings. The second-order valence-corrected chi connectivity index (χ2v) is 5.58. The number of hydrogen-bond acceptors (Lipinski definition) is 2. The van der Waals surface area contributed by atoms with Crippen LogP contribution in [0.15, 0.2) is 48.5 Å². The second kappa shape index (κ2) is 7.77. The molecule has 122 valence electrons. The molecule has 0 saturated carbocycles. The number of ether oxygens (including phenoxy) is 1. The van der Waals surface area contributed by atoms with Gasteiger partial charge in [0, 0.05) is 13.5 Å². The zero-order valence-corrected chi connectivity index (χ0v) is 13.8. The Labute approximate surface area is 136 Å². The minimum Gasteiger partial charge on any atom is -0.497 e. The molecule has 4 heteroatoms. The number of amides is 1. The van der Waals surface area contributed by atoms with Crippen LogP contribution in [0.1, 0.15) is 30.5 Å². The normalized spacial score (nSPS) is 11.8. The van der Waals surface area contributed by atoms with Crippen LogP contribution in [0.25, 0.3) is 0 Å². The molecule has 2 rings (SSSR count). The van der Waals surface area contributed by atoms with Crippen LogP contribution in [0.3, 0.4) is 0 Å². The lowest BCUT2D eigenvalue weighted by Crippen LogP contribution is -2.29. The SMILES string of the molecule is COc1cccc(CCC(=O)N(C)C(C)c2ccc(F)cc2)c1. The Hall–Kier alpha value is -2.36. The predicted molar refractivity (Wildman–Crippen MR) is 88.9 cm³/mol. The molecule has 1 amide bonds. The third-order valence-corrected chi connectivity index (χ3v) is 4.09. The molecule has 0 saturated heterocycles. The summed E-state index contributed by atoms with van der Waals surface area (Å²) in [6.45, 7) is 1.94. The van der Waals surface area contributed by atoms with Crippen molar-refractivity contribution >= 4 is 5.91 Å². The summed E-state index contributed by atoms with van der Waals surface area (Å²) < 4.78 is 18.2. The van der Waals surface area contributed by atoms with Gasteiger partial charge in [-0.15, -0.1) is 0 Å². The van der Waals surface area contributed by atoms with E-state index in [1.807, 2.05) is 31.2 Å². The highest BCUT2D eigenvalue weighted by Gasteiger charge is 2.17. The number of carbonyl (C=O) groups excluding carboxylic acids is 1. The van der Waals surface area contributed by atoms with E-state index in [-0.39, 0.29) is 17.8 Å². The van der Waals surface area contributed by atoms with E-state index in [1.165, 1.54) is 12.1 Å². The second-order valence-electron chi connectivity index (χ2n) is 5.58. The molecule has 0 aliphatic rings. The van der Waals surface area contributed by atoms with E-state index in [0.717, 1.165) is 16.9 Å². The third kappa shape index (κ3) is 4.55. The maximum absolute atomic E-state index is 13.0. The number of nitrogens with zero attached hydrogens (tertiary/aromatic N) is 1. The average molecular weight is 315 g/mol. The van der Waals surface area contributed by atoms with Crippen molar-refractivity contribution < 1.29 is 13.9 Å². The summed E-state index contributed by atoms with van der Waals surface area (Å²) in [6.07, 6.45) is 1.09. The van der Waals surface area contributed by atoms with Crippen LogP contribution in [0.4, 0.5) is 4.39 Å². The standard InChI is InChI=1S/C19H22FNO2/c1-14(16-8-10-17(20)11-9-16)21(2)19(22)12-7-15-5-4-6-18(13-15)23-3/h4-6,8-11,13-14H,7,12H2,1-3H3. The Bertz CT molecular complexity index is 655. The lowest BCUT2D eigenvalue weighted by atomic mass is 10.1. The van der Waals surface area contributed by atoms with Gasteiger partial charge in [-0.2, -0.15) is 0 Å². The van der Waals surface area contributed by atoms with E-state index < -0.39 is 0 Å². The van der Waals surface area contributed by atoms with Crippen molar-refractivity contribution in [2.24, 2.45) is 0 Å². The van der Waals surface area contributed by atoms with Crippen LogP contribution in [0.2, 0.25) is 0 Å². The van der Waals surface area contributed by atoms with Gasteiger partial charge in [0.2, 0.25) is 5.91 Å². The smallest absolute Gasteiger partial charge is 0.223 e. The van der Waals surface area contributed by atoms with Crippen molar-refractivity contribution in [2.75, 3.05) is 14.2 Å². The van der Waals surface area contributed by atoms with Crippen molar-refractivity contribution in [2.45, 2.75) is 25.8 Å². The van der Waals surface area contributed by atoms with E-state index in [0.29, 0.717) is 12.8 Å². The van der Waals surface area contributed by atoms with Gasteiger partial charge < -0.3 is 9.64 Å². The fourth-order valence-electron chi connectivity index (χ4n) is 2.44. The number of rotatable bonds is 6. The molecule has 1 unspecified atom stereocenters. The molecular formula is C19H22FNO2. The number of benzene rings is 2. The highest BCUT2D eigenvalue weighted by Crippen LogP contribution is 2.20. The zero-order valence-electron chi connectivity index (χ0n) is 13.8. The summed E-state index contributed by atoms with van der Waals surface area (Å²) in [5, 5.41) is 0. The van der Waals surface area contributed by atoms with Crippen molar-refractivity contribution in [3.05, 3.63) is 65.5 Å². The Balaban J connectivity index is 1.95. The van der Waals surface area contributed by atoms with Gasteiger partial charge in [-0.1, -0.05) is 24.3 Å². The first-order valence-electron chi connectivity index (χ1n) is 7.65. The first-order chi connectivity index (χ1) is 11.0. The molecule has 0 spiro atoms. The number of methoxy groups -OCH3 is 1. The lowest BCUT2D eigenvalue weighted by Gasteiger charge is -2.25. The number of carbonyl (C=O) groups is 1. The fraction of sp³-hybridized carbons (Fsp3) is 0.316. The first kappa shape index (κ1) is 17.0. The molecular weight excluding hydrogens is 293 g/mol. The molecule has 1 atom stereocenters. The summed E-state index contributed by atoms with van der Waals surface area (Å²) in [6, 6.07) is 13.9. The molecule has 3 nitrogen and oxygen atoms in total. The van der Waals surface area contributed by atoms with Crippen molar-refractivity contribution in [3.63, 3.8) is 0 Å². The van der Waals surface area contributed by atoms with Gasteiger partial charge in [-0.25, -0.2) is 4.39 Å². The predicted octanol–water partition coefficient (Wildman–Crippen LogP) is 3.99. The molecule has 0 radical (unpaired) electrons. The van der Waals surface area contributed by atoms with E-state index >= 15 is 0 Å². The molecule has 0 aliphatic carbocycles. The van der Waals surface area contributed by atoms with Crippen molar-refractivity contribution in [1.29, 1.82) is 0 Å². The van der Waals surface area contributed by atoms with Gasteiger partial charge in [-0.3, -0.25) is 4.79 Å². The van der Waals surface area contributed by atoms with Gasteiger partial charge in [0.05, 0.1) is 13.2 Å². The summed E-state index contributed by atoms with van der Waals surface area (Å²) in [4.78, 5) is 14.1. The first-order valence-corrected chi connectivity index (χ1v) is 7.65. The number of hydrogen-bond donors (Lipinski definition) is 0. The van der Waals surface area contributed by atoms with Gasteiger partial charge in [0.1, 0.15) is 11.6 Å². The minimum absolute atomic E-state index is 0.0599. The Morgan fingerprint density at radius 1 is 1.22 bits per heavy atom. The summed E-state index contributed by atoms with van der Waals surface area (Å²) >= 11 is 0. The number of halogens is 1. The van der Waals surface area contributed by atoms with Crippen molar-refractivity contribution in [1.82, 2.24) is 4.90 Å². The molecule has 23 heavy (non-hydrogen) atoms. The topological polar surface area (TPSA) is 29.5 Å². The monoisotopic (exact) mass is 315 g/mol. The van der Waals surface area contributed by atoms with Crippen LogP contribution in [0, 0.1) is 5.82 Å². The summed E-state index contributed by atoms with van der Waals surface area (Å²) in [7, 11) is 3.41. The lowest BCUT2D eigenvalue weighted by molar-refractivity contribution is -0.131. The summed E-state index contributed by atoms with van der Waals surface area (Å²) in [5.41, 5.74) is 1.99. The third-order valence-electron chi connectivity index (χ3n) is 4.09. The molecule has 0 bridgehead atoms. The molecule has 0 N–H and O–H groups in total. The van der Waals surface area contributed by atoms with E-state index in [9.17, 15) is 9.18 Å².